The third-order valence-corrected chi connectivity index (χ3v) is 5.46. The average molecular weight is 334 g/mol. The molecular formula is C12H16ClN3O4S. The molecule has 9 heteroatoms. The Labute approximate surface area is 128 Å². The molecule has 1 aromatic carbocycles. The summed E-state index contributed by atoms with van der Waals surface area (Å²) in [6, 6.07) is 3.21. The summed E-state index contributed by atoms with van der Waals surface area (Å²) in [4.78, 5) is 12.0. The summed E-state index contributed by atoms with van der Waals surface area (Å²) in [5, 5.41) is 10.7. The normalized spacial score (nSPS) is 17.8. The van der Waals surface area contributed by atoms with E-state index in [0.717, 1.165) is 19.2 Å². The van der Waals surface area contributed by atoms with Crippen molar-refractivity contribution in [2.45, 2.75) is 23.8 Å². The van der Waals surface area contributed by atoms with Gasteiger partial charge in [-0.15, -0.1) is 0 Å². The lowest BCUT2D eigenvalue weighted by Gasteiger charge is -2.29. The summed E-state index contributed by atoms with van der Waals surface area (Å²) < 4.78 is 27.3. The maximum absolute atomic E-state index is 12.3. The number of nitrogens with zero attached hydrogens (tertiary/aromatic N) is 2. The fourth-order valence-corrected chi connectivity index (χ4v) is 4.05. The van der Waals surface area contributed by atoms with Crippen LogP contribution in [0, 0.1) is 10.1 Å². The first-order valence-corrected chi connectivity index (χ1v) is 8.30. The van der Waals surface area contributed by atoms with Crippen LogP contribution in [0.1, 0.15) is 12.8 Å². The highest BCUT2D eigenvalue weighted by Crippen LogP contribution is 2.26. The molecule has 0 atom stereocenters. The SMILES string of the molecule is CN1CCC(NS(=O)(=O)c2cc([N+](=O)[O-])ccc2Cl)CC1. The van der Waals surface area contributed by atoms with Crippen molar-refractivity contribution in [3.63, 3.8) is 0 Å². The van der Waals surface area contributed by atoms with E-state index in [0.29, 0.717) is 12.8 Å². The summed E-state index contributed by atoms with van der Waals surface area (Å²) in [6.07, 6.45) is 1.39. The first-order chi connectivity index (χ1) is 9.79. The van der Waals surface area contributed by atoms with Crippen molar-refractivity contribution in [1.82, 2.24) is 9.62 Å². The number of hydrogen-bond acceptors (Lipinski definition) is 5. The van der Waals surface area contributed by atoms with Crippen molar-refractivity contribution in [3.05, 3.63) is 33.3 Å². The molecule has 0 amide bonds. The number of nitro benzene ring substituents is 1. The lowest BCUT2D eigenvalue weighted by molar-refractivity contribution is -0.385. The van der Waals surface area contributed by atoms with Crippen LogP contribution < -0.4 is 4.72 Å². The number of halogens is 1. The Morgan fingerprint density at radius 3 is 2.57 bits per heavy atom. The van der Waals surface area contributed by atoms with Crippen LogP contribution in [-0.2, 0) is 10.0 Å². The Morgan fingerprint density at radius 1 is 1.38 bits per heavy atom. The van der Waals surface area contributed by atoms with Crippen LogP contribution in [-0.4, -0.2) is 44.4 Å². The lowest BCUT2D eigenvalue weighted by Crippen LogP contribution is -2.43. The molecule has 0 saturated carbocycles. The molecule has 1 aliphatic heterocycles. The van der Waals surface area contributed by atoms with E-state index >= 15 is 0 Å². The Balaban J connectivity index is 2.23. The third kappa shape index (κ3) is 3.91. The van der Waals surface area contributed by atoms with Gasteiger partial charge in [0, 0.05) is 18.2 Å². The molecule has 1 aromatic rings. The topological polar surface area (TPSA) is 92.6 Å². The van der Waals surface area contributed by atoms with Crippen molar-refractivity contribution in [1.29, 1.82) is 0 Å². The number of nitrogens with one attached hydrogen (secondary N) is 1. The standard InChI is InChI=1S/C12H16ClN3O4S/c1-15-6-4-9(5-7-15)14-21(19,20)12-8-10(16(17)18)2-3-11(12)13/h2-3,8-9,14H,4-7H2,1H3. The van der Waals surface area contributed by atoms with Gasteiger partial charge in [0.1, 0.15) is 4.90 Å². The lowest BCUT2D eigenvalue weighted by atomic mass is 10.1. The van der Waals surface area contributed by atoms with Crippen molar-refractivity contribution >= 4 is 27.3 Å². The van der Waals surface area contributed by atoms with Crippen LogP contribution >= 0.6 is 11.6 Å². The van der Waals surface area contributed by atoms with Crippen LogP contribution in [0.2, 0.25) is 5.02 Å². The molecule has 2 rings (SSSR count). The molecule has 1 saturated heterocycles. The summed E-state index contributed by atoms with van der Waals surface area (Å²) in [7, 11) is -1.89. The molecule has 1 heterocycles. The molecule has 116 valence electrons. The molecule has 0 bridgehead atoms. The summed E-state index contributed by atoms with van der Waals surface area (Å²) >= 11 is 5.88. The average Bonchev–Trinajstić information content (AvgIpc) is 2.41. The van der Waals surface area contributed by atoms with Crippen molar-refractivity contribution in [2.24, 2.45) is 0 Å². The zero-order valence-corrected chi connectivity index (χ0v) is 13.0. The van der Waals surface area contributed by atoms with E-state index in [1.54, 1.807) is 0 Å². The van der Waals surface area contributed by atoms with Gasteiger partial charge in [0.15, 0.2) is 0 Å². The van der Waals surface area contributed by atoms with Crippen molar-refractivity contribution in [3.8, 4) is 0 Å². The highest BCUT2D eigenvalue weighted by atomic mass is 35.5. The zero-order valence-electron chi connectivity index (χ0n) is 11.5. The number of non-ortho nitro benzene ring substituents is 1. The quantitative estimate of drug-likeness (QED) is 0.667. The van der Waals surface area contributed by atoms with Crippen molar-refractivity contribution < 1.29 is 13.3 Å². The second-order valence-corrected chi connectivity index (χ2v) is 7.16. The van der Waals surface area contributed by atoms with Gasteiger partial charge in [-0.2, -0.15) is 0 Å². The fourth-order valence-electron chi connectivity index (χ4n) is 2.22. The second kappa shape index (κ2) is 6.27. The Kier molecular flexibility index (Phi) is 4.82. The summed E-state index contributed by atoms with van der Waals surface area (Å²) in [6.45, 7) is 1.60. The van der Waals surface area contributed by atoms with Crippen LogP contribution in [0.25, 0.3) is 0 Å². The van der Waals surface area contributed by atoms with Crippen LogP contribution in [0.3, 0.4) is 0 Å². The van der Waals surface area contributed by atoms with Gasteiger partial charge >= 0.3 is 0 Å². The van der Waals surface area contributed by atoms with Crippen LogP contribution in [0.15, 0.2) is 23.1 Å². The molecule has 0 unspecified atom stereocenters. The van der Waals surface area contributed by atoms with E-state index in [2.05, 4.69) is 9.62 Å². The van der Waals surface area contributed by atoms with Crippen LogP contribution in [0.5, 0.6) is 0 Å². The number of piperidine rings is 1. The van der Waals surface area contributed by atoms with Crippen LogP contribution in [0.4, 0.5) is 5.69 Å². The Bertz CT molecular complexity index is 642. The third-order valence-electron chi connectivity index (χ3n) is 3.46. The predicted molar refractivity (Wildman–Crippen MR) is 78.9 cm³/mol. The van der Waals surface area contributed by atoms with Crippen molar-refractivity contribution in [2.75, 3.05) is 20.1 Å². The summed E-state index contributed by atoms with van der Waals surface area (Å²) in [5.41, 5.74) is -0.303. The number of likely N-dealkylation sites (tertiary alicyclic amines) is 1. The predicted octanol–water partition coefficient (Wildman–Crippen LogP) is 1.62. The van der Waals surface area contributed by atoms with E-state index in [4.69, 9.17) is 11.6 Å². The monoisotopic (exact) mass is 333 g/mol. The molecule has 0 radical (unpaired) electrons. The fraction of sp³-hybridized carbons (Fsp3) is 0.500. The number of benzene rings is 1. The molecule has 1 fully saturated rings. The van der Waals surface area contributed by atoms with E-state index < -0.39 is 14.9 Å². The molecule has 1 N–H and O–H groups in total. The molecule has 0 aromatic heterocycles. The van der Waals surface area contributed by atoms with E-state index in [1.165, 1.54) is 12.1 Å². The second-order valence-electron chi connectivity index (χ2n) is 5.07. The smallest absolute Gasteiger partial charge is 0.270 e. The largest absolute Gasteiger partial charge is 0.306 e. The van der Waals surface area contributed by atoms with E-state index in [1.807, 2.05) is 7.05 Å². The maximum Gasteiger partial charge on any atom is 0.270 e. The minimum absolute atomic E-state index is 0.0268. The highest BCUT2D eigenvalue weighted by Gasteiger charge is 2.26. The molecule has 0 spiro atoms. The minimum atomic E-state index is -3.87. The van der Waals surface area contributed by atoms with Gasteiger partial charge in [-0.25, -0.2) is 13.1 Å². The van der Waals surface area contributed by atoms with Gasteiger partial charge in [0.25, 0.3) is 5.69 Å². The Hall–Kier alpha value is -1.22. The van der Waals surface area contributed by atoms with E-state index in [-0.39, 0.29) is 21.6 Å². The minimum Gasteiger partial charge on any atom is -0.306 e. The summed E-state index contributed by atoms with van der Waals surface area (Å²) in [5.74, 6) is 0. The number of rotatable bonds is 4. The highest BCUT2D eigenvalue weighted by molar-refractivity contribution is 7.89. The van der Waals surface area contributed by atoms with Gasteiger partial charge in [0.05, 0.1) is 9.95 Å². The molecule has 21 heavy (non-hydrogen) atoms. The maximum atomic E-state index is 12.3. The van der Waals surface area contributed by atoms with Gasteiger partial charge < -0.3 is 4.90 Å². The Morgan fingerprint density at radius 2 is 2.00 bits per heavy atom. The zero-order chi connectivity index (χ0) is 15.6. The number of hydrogen-bond donors (Lipinski definition) is 1. The molecule has 7 nitrogen and oxygen atoms in total. The van der Waals surface area contributed by atoms with E-state index in [9.17, 15) is 18.5 Å². The van der Waals surface area contributed by atoms with Gasteiger partial charge in [0.2, 0.25) is 10.0 Å². The van der Waals surface area contributed by atoms with Gasteiger partial charge in [-0.3, -0.25) is 10.1 Å². The molecule has 0 aliphatic carbocycles. The number of sulfonamides is 1. The molecule has 1 aliphatic rings. The first-order valence-electron chi connectivity index (χ1n) is 6.44. The van der Waals surface area contributed by atoms with Gasteiger partial charge in [-0.1, -0.05) is 11.6 Å². The van der Waals surface area contributed by atoms with Gasteiger partial charge in [-0.05, 0) is 39.0 Å². The molecular weight excluding hydrogens is 318 g/mol. The first kappa shape index (κ1) is 16.2. The number of nitro groups is 1.